The fraction of sp³-hybridized carbons (Fsp3) is 0.556. The average Bonchev–Trinajstić information content (AvgIpc) is 3.38. The SMILES string of the molecule is CSC(C)C(C)n1ncc(C(=O)N(CC2CC2)c2ccnnc2)c1C. The van der Waals surface area contributed by atoms with Crippen molar-refractivity contribution in [3.05, 3.63) is 35.9 Å². The third-order valence-electron chi connectivity index (χ3n) is 4.98. The maximum absolute atomic E-state index is 13.2. The molecule has 0 radical (unpaired) electrons. The number of carbonyl (C=O) groups excluding carboxylic acids is 1. The van der Waals surface area contributed by atoms with Gasteiger partial charge in [0.05, 0.1) is 35.9 Å². The van der Waals surface area contributed by atoms with Crippen LogP contribution in [0.3, 0.4) is 0 Å². The third-order valence-corrected chi connectivity index (χ3v) is 6.11. The molecular weight excluding hydrogens is 334 g/mol. The summed E-state index contributed by atoms with van der Waals surface area (Å²) < 4.78 is 1.97. The highest BCUT2D eigenvalue weighted by Crippen LogP contribution is 2.32. The molecule has 134 valence electrons. The molecule has 2 heterocycles. The molecule has 0 saturated heterocycles. The summed E-state index contributed by atoms with van der Waals surface area (Å²) in [4.78, 5) is 15.0. The predicted molar refractivity (Wildman–Crippen MR) is 101 cm³/mol. The Labute approximate surface area is 153 Å². The summed E-state index contributed by atoms with van der Waals surface area (Å²) in [6.45, 7) is 7.03. The summed E-state index contributed by atoms with van der Waals surface area (Å²) in [6, 6.07) is 2.07. The van der Waals surface area contributed by atoms with Gasteiger partial charge >= 0.3 is 0 Å². The van der Waals surface area contributed by atoms with Gasteiger partial charge in [0.15, 0.2) is 0 Å². The van der Waals surface area contributed by atoms with Crippen molar-refractivity contribution in [1.29, 1.82) is 0 Å². The fourth-order valence-corrected chi connectivity index (χ4v) is 3.40. The third kappa shape index (κ3) is 3.86. The minimum atomic E-state index is -0.00680. The standard InChI is InChI=1S/C18H25N5OS/c1-12(14(3)25-4)23-13(2)17(10-21-23)18(24)22(11-15-5-6-15)16-7-8-19-20-9-16/h7-10,12,14-15H,5-6,11H2,1-4H3. The summed E-state index contributed by atoms with van der Waals surface area (Å²) in [5.41, 5.74) is 2.38. The number of thioether (sulfide) groups is 1. The fourth-order valence-electron chi connectivity index (χ4n) is 2.89. The first-order valence-corrected chi connectivity index (χ1v) is 9.97. The zero-order chi connectivity index (χ0) is 18.0. The van der Waals surface area contributed by atoms with Crippen LogP contribution in [0.5, 0.6) is 0 Å². The lowest BCUT2D eigenvalue weighted by molar-refractivity contribution is 0.0985. The molecule has 2 aromatic rings. The van der Waals surface area contributed by atoms with E-state index in [2.05, 4.69) is 35.4 Å². The molecule has 2 aromatic heterocycles. The largest absolute Gasteiger partial charge is 0.306 e. The molecule has 25 heavy (non-hydrogen) atoms. The van der Waals surface area contributed by atoms with Crippen molar-refractivity contribution in [3.8, 4) is 0 Å². The van der Waals surface area contributed by atoms with Crippen LogP contribution in [0.15, 0.2) is 24.7 Å². The highest BCUT2D eigenvalue weighted by atomic mass is 32.2. The number of anilines is 1. The van der Waals surface area contributed by atoms with Gasteiger partial charge in [-0.2, -0.15) is 27.1 Å². The highest BCUT2D eigenvalue weighted by Gasteiger charge is 2.30. The van der Waals surface area contributed by atoms with Crippen molar-refractivity contribution < 1.29 is 4.79 Å². The number of hydrogen-bond donors (Lipinski definition) is 0. The number of carbonyl (C=O) groups is 1. The Morgan fingerprint density at radius 2 is 2.12 bits per heavy atom. The second kappa shape index (κ2) is 7.56. The van der Waals surface area contributed by atoms with Crippen LogP contribution in [-0.2, 0) is 0 Å². The summed E-state index contributed by atoms with van der Waals surface area (Å²) in [5.74, 6) is 0.579. The van der Waals surface area contributed by atoms with E-state index < -0.39 is 0 Å². The zero-order valence-corrected chi connectivity index (χ0v) is 16.0. The lowest BCUT2D eigenvalue weighted by Crippen LogP contribution is -2.33. The van der Waals surface area contributed by atoms with Gasteiger partial charge in [-0.1, -0.05) is 6.92 Å². The Kier molecular flexibility index (Phi) is 5.42. The maximum Gasteiger partial charge on any atom is 0.261 e. The van der Waals surface area contributed by atoms with Crippen LogP contribution in [0.2, 0.25) is 0 Å². The van der Waals surface area contributed by atoms with Crippen LogP contribution in [-0.4, -0.2) is 43.9 Å². The molecule has 1 amide bonds. The van der Waals surface area contributed by atoms with E-state index in [0.717, 1.165) is 17.9 Å². The van der Waals surface area contributed by atoms with E-state index in [1.807, 2.05) is 22.6 Å². The Balaban J connectivity index is 1.88. The molecule has 1 saturated carbocycles. The summed E-state index contributed by atoms with van der Waals surface area (Å²) >= 11 is 1.80. The highest BCUT2D eigenvalue weighted by molar-refractivity contribution is 7.99. The van der Waals surface area contributed by atoms with Crippen molar-refractivity contribution in [1.82, 2.24) is 20.0 Å². The molecule has 7 heteroatoms. The van der Waals surface area contributed by atoms with E-state index in [9.17, 15) is 4.79 Å². The van der Waals surface area contributed by atoms with E-state index in [1.54, 1.807) is 30.4 Å². The second-order valence-corrected chi connectivity index (χ2v) is 7.94. The van der Waals surface area contributed by atoms with Gasteiger partial charge in [0.2, 0.25) is 0 Å². The lowest BCUT2D eigenvalue weighted by atomic mass is 10.2. The molecule has 0 spiro atoms. The Morgan fingerprint density at radius 1 is 1.36 bits per heavy atom. The molecule has 2 unspecified atom stereocenters. The van der Waals surface area contributed by atoms with Gasteiger partial charge in [-0.25, -0.2) is 0 Å². The van der Waals surface area contributed by atoms with E-state index in [4.69, 9.17) is 0 Å². The summed E-state index contributed by atoms with van der Waals surface area (Å²) in [6.07, 6.45) is 9.45. The minimum absolute atomic E-state index is 0.00680. The molecule has 2 atom stereocenters. The summed E-state index contributed by atoms with van der Waals surface area (Å²) in [7, 11) is 0. The first-order valence-electron chi connectivity index (χ1n) is 8.68. The second-order valence-electron chi connectivity index (χ2n) is 6.73. The van der Waals surface area contributed by atoms with Crippen molar-refractivity contribution >= 4 is 23.4 Å². The molecule has 1 aliphatic rings. The quantitative estimate of drug-likeness (QED) is 0.758. The predicted octanol–water partition coefficient (Wildman–Crippen LogP) is 3.35. The Morgan fingerprint density at radius 3 is 2.72 bits per heavy atom. The van der Waals surface area contributed by atoms with Gasteiger partial charge < -0.3 is 4.90 Å². The van der Waals surface area contributed by atoms with Crippen LogP contribution < -0.4 is 4.90 Å². The monoisotopic (exact) mass is 359 g/mol. The number of nitrogens with zero attached hydrogens (tertiary/aromatic N) is 5. The molecule has 0 aliphatic heterocycles. The molecule has 6 nitrogen and oxygen atoms in total. The lowest BCUT2D eigenvalue weighted by Gasteiger charge is -2.23. The van der Waals surface area contributed by atoms with E-state index >= 15 is 0 Å². The van der Waals surface area contributed by atoms with E-state index in [-0.39, 0.29) is 11.9 Å². The minimum Gasteiger partial charge on any atom is -0.306 e. The number of rotatable bonds is 7. The first kappa shape index (κ1) is 17.9. The van der Waals surface area contributed by atoms with E-state index in [1.165, 1.54) is 12.8 Å². The molecule has 3 rings (SSSR count). The Bertz CT molecular complexity index is 728. The molecule has 0 aromatic carbocycles. The van der Waals surface area contributed by atoms with Gasteiger partial charge in [0.25, 0.3) is 5.91 Å². The molecule has 0 bridgehead atoms. The number of aromatic nitrogens is 4. The van der Waals surface area contributed by atoms with Gasteiger partial charge in [0, 0.05) is 17.5 Å². The van der Waals surface area contributed by atoms with Crippen LogP contribution in [0.1, 0.15) is 48.8 Å². The van der Waals surface area contributed by atoms with Crippen molar-refractivity contribution in [3.63, 3.8) is 0 Å². The van der Waals surface area contributed by atoms with E-state index in [0.29, 0.717) is 16.7 Å². The normalized spacial score (nSPS) is 16.5. The van der Waals surface area contributed by atoms with Crippen molar-refractivity contribution in [2.45, 2.75) is 44.9 Å². The molecule has 1 fully saturated rings. The van der Waals surface area contributed by atoms with Gasteiger partial charge in [0.1, 0.15) is 0 Å². The average molecular weight is 359 g/mol. The topological polar surface area (TPSA) is 63.9 Å². The summed E-state index contributed by atoms with van der Waals surface area (Å²) in [5, 5.41) is 12.7. The van der Waals surface area contributed by atoms with Gasteiger partial charge in [-0.3, -0.25) is 9.48 Å². The molecular formula is C18H25N5OS. The molecule has 1 aliphatic carbocycles. The van der Waals surface area contributed by atoms with Crippen molar-refractivity contribution in [2.75, 3.05) is 17.7 Å². The van der Waals surface area contributed by atoms with Crippen LogP contribution in [0.25, 0.3) is 0 Å². The van der Waals surface area contributed by atoms with Gasteiger partial charge in [-0.05, 0) is 44.9 Å². The number of amides is 1. The zero-order valence-electron chi connectivity index (χ0n) is 15.2. The van der Waals surface area contributed by atoms with Crippen molar-refractivity contribution in [2.24, 2.45) is 5.92 Å². The van der Waals surface area contributed by atoms with Gasteiger partial charge in [-0.15, -0.1) is 0 Å². The molecule has 0 N–H and O–H groups in total. The number of hydrogen-bond acceptors (Lipinski definition) is 5. The first-order chi connectivity index (χ1) is 12.0. The van der Waals surface area contributed by atoms with Crippen LogP contribution in [0, 0.1) is 12.8 Å². The van der Waals surface area contributed by atoms with Crippen LogP contribution >= 0.6 is 11.8 Å². The smallest absolute Gasteiger partial charge is 0.261 e. The van der Waals surface area contributed by atoms with Crippen LogP contribution in [0.4, 0.5) is 5.69 Å². The Hall–Kier alpha value is -1.89. The maximum atomic E-state index is 13.2.